The molecule has 3 aromatic rings. The average molecular weight is 406 g/mol. The van der Waals surface area contributed by atoms with Gasteiger partial charge >= 0.3 is 5.69 Å². The van der Waals surface area contributed by atoms with Gasteiger partial charge in [-0.3, -0.25) is 4.90 Å². The second kappa shape index (κ2) is 8.02. The van der Waals surface area contributed by atoms with Gasteiger partial charge in [0.15, 0.2) is 0 Å². The molecular weight excluding hydrogens is 378 g/mol. The van der Waals surface area contributed by atoms with Gasteiger partial charge in [-0.2, -0.15) is 0 Å². The lowest BCUT2D eigenvalue weighted by Gasteiger charge is -2.36. The Kier molecular flexibility index (Phi) is 5.08. The van der Waals surface area contributed by atoms with Gasteiger partial charge < -0.3 is 14.4 Å². The summed E-state index contributed by atoms with van der Waals surface area (Å²) in [6, 6.07) is 6.56. The summed E-state index contributed by atoms with van der Waals surface area (Å²) in [5.41, 5.74) is 3.11. The first kappa shape index (κ1) is 19.0. The van der Waals surface area contributed by atoms with E-state index in [-0.39, 0.29) is 5.69 Å². The molecule has 0 aliphatic carbocycles. The molecule has 0 bridgehead atoms. The van der Waals surface area contributed by atoms with Crippen molar-refractivity contribution in [3.8, 4) is 0 Å². The minimum atomic E-state index is -0.211. The molecule has 1 aromatic carbocycles. The highest BCUT2D eigenvalue weighted by atomic mass is 16.1. The van der Waals surface area contributed by atoms with Crippen LogP contribution in [0.3, 0.4) is 0 Å². The van der Waals surface area contributed by atoms with E-state index in [4.69, 9.17) is 0 Å². The molecule has 0 unspecified atom stereocenters. The Morgan fingerprint density at radius 3 is 2.50 bits per heavy atom. The van der Waals surface area contributed by atoms with E-state index < -0.39 is 0 Å². The van der Waals surface area contributed by atoms with E-state index in [1.165, 1.54) is 18.5 Å². The summed E-state index contributed by atoms with van der Waals surface area (Å²) in [5.74, 6) is 1.07. The fourth-order valence-electron chi connectivity index (χ4n) is 4.48. The Bertz CT molecular complexity index is 1100. The van der Waals surface area contributed by atoms with Gasteiger partial charge in [-0.1, -0.05) is 0 Å². The van der Waals surface area contributed by atoms with Gasteiger partial charge in [-0.15, -0.1) is 0 Å². The van der Waals surface area contributed by atoms with Crippen molar-refractivity contribution >= 4 is 22.4 Å². The van der Waals surface area contributed by atoms with E-state index >= 15 is 0 Å². The molecule has 8 nitrogen and oxygen atoms in total. The number of benzene rings is 1. The lowest BCUT2D eigenvalue weighted by molar-refractivity contribution is 0.249. The van der Waals surface area contributed by atoms with Crippen LogP contribution in [-0.4, -0.2) is 63.7 Å². The van der Waals surface area contributed by atoms with E-state index in [0.29, 0.717) is 0 Å². The average Bonchev–Trinajstić information content (AvgIpc) is 3.31. The number of nitrogens with zero attached hydrogens (tertiary/aromatic N) is 7. The molecule has 8 heteroatoms. The first-order valence-electron chi connectivity index (χ1n) is 10.7. The third-order valence-corrected chi connectivity index (χ3v) is 6.15. The highest BCUT2D eigenvalue weighted by Crippen LogP contribution is 2.30. The highest BCUT2D eigenvalue weighted by Gasteiger charge is 2.20. The normalized spacial score (nSPS) is 17.8. The summed E-state index contributed by atoms with van der Waals surface area (Å²) in [4.78, 5) is 31.7. The SMILES string of the molecule is Cn1cc(CN2CCN(c3ccc4ncnc(N5CCCC5)c4c3)CC2)cnc1=O. The fourth-order valence-corrected chi connectivity index (χ4v) is 4.48. The predicted octanol–water partition coefficient (Wildman–Crippen LogP) is 1.65. The van der Waals surface area contributed by atoms with Crippen LogP contribution in [0.2, 0.25) is 0 Å². The summed E-state index contributed by atoms with van der Waals surface area (Å²) in [7, 11) is 1.75. The molecule has 0 N–H and O–H groups in total. The Hall–Kier alpha value is -3.00. The highest BCUT2D eigenvalue weighted by molar-refractivity contribution is 5.92. The second-order valence-electron chi connectivity index (χ2n) is 8.21. The zero-order chi connectivity index (χ0) is 20.5. The van der Waals surface area contributed by atoms with Gasteiger partial charge in [0.25, 0.3) is 0 Å². The van der Waals surface area contributed by atoms with E-state index in [2.05, 4.69) is 47.9 Å². The van der Waals surface area contributed by atoms with Crippen LogP contribution in [0.25, 0.3) is 10.9 Å². The van der Waals surface area contributed by atoms with Crippen molar-refractivity contribution in [1.82, 2.24) is 24.4 Å². The zero-order valence-corrected chi connectivity index (χ0v) is 17.4. The van der Waals surface area contributed by atoms with Crippen molar-refractivity contribution in [1.29, 1.82) is 0 Å². The van der Waals surface area contributed by atoms with Crippen LogP contribution in [0.15, 0.2) is 41.7 Å². The molecule has 30 heavy (non-hydrogen) atoms. The number of piperazine rings is 1. The molecule has 2 aliphatic rings. The van der Waals surface area contributed by atoms with E-state index in [1.54, 1.807) is 24.1 Å². The van der Waals surface area contributed by atoms with E-state index in [1.807, 2.05) is 6.20 Å². The summed E-state index contributed by atoms with van der Waals surface area (Å²) in [5, 5.41) is 1.15. The number of hydrogen-bond acceptors (Lipinski definition) is 7. The lowest BCUT2D eigenvalue weighted by atomic mass is 10.1. The predicted molar refractivity (Wildman–Crippen MR) is 118 cm³/mol. The smallest absolute Gasteiger partial charge is 0.347 e. The van der Waals surface area contributed by atoms with Gasteiger partial charge in [0, 0.05) is 81.9 Å². The first-order chi connectivity index (χ1) is 14.7. The summed E-state index contributed by atoms with van der Waals surface area (Å²) in [6.45, 7) is 6.87. The number of fused-ring (bicyclic) bond motifs is 1. The minimum absolute atomic E-state index is 0.211. The van der Waals surface area contributed by atoms with Gasteiger partial charge in [-0.05, 0) is 31.0 Å². The molecule has 0 saturated carbocycles. The standard InChI is InChI=1S/C22H27N7O/c1-26-14-17(13-23-22(26)30)15-27-8-10-28(11-9-27)18-4-5-20-19(12-18)21(25-16-24-20)29-6-2-3-7-29/h4-5,12-14,16H,2-3,6-11,15H2,1H3. The number of aryl methyl sites for hydroxylation is 1. The third-order valence-electron chi connectivity index (χ3n) is 6.15. The molecule has 2 aromatic heterocycles. The Morgan fingerprint density at radius 2 is 1.73 bits per heavy atom. The molecule has 156 valence electrons. The topological polar surface area (TPSA) is 70.4 Å². The van der Waals surface area contributed by atoms with E-state index in [0.717, 1.165) is 68.1 Å². The number of aromatic nitrogens is 4. The maximum absolute atomic E-state index is 11.5. The molecule has 0 spiro atoms. The van der Waals surface area contributed by atoms with Gasteiger partial charge in [0.1, 0.15) is 12.1 Å². The van der Waals surface area contributed by atoms with E-state index in [9.17, 15) is 4.79 Å². The molecule has 2 saturated heterocycles. The molecule has 0 atom stereocenters. The number of rotatable bonds is 4. The van der Waals surface area contributed by atoms with Crippen molar-refractivity contribution in [2.24, 2.45) is 7.05 Å². The van der Waals surface area contributed by atoms with Gasteiger partial charge in [0.05, 0.1) is 5.52 Å². The summed E-state index contributed by atoms with van der Waals surface area (Å²) >= 11 is 0. The zero-order valence-electron chi connectivity index (χ0n) is 17.4. The number of hydrogen-bond donors (Lipinski definition) is 0. The third kappa shape index (κ3) is 3.75. The molecular formula is C22H27N7O. The quantitative estimate of drug-likeness (QED) is 0.654. The van der Waals surface area contributed by atoms with Crippen LogP contribution in [-0.2, 0) is 13.6 Å². The monoisotopic (exact) mass is 405 g/mol. The number of anilines is 2. The summed E-state index contributed by atoms with van der Waals surface area (Å²) in [6.07, 6.45) is 7.72. The van der Waals surface area contributed by atoms with Crippen LogP contribution in [0.5, 0.6) is 0 Å². The van der Waals surface area contributed by atoms with Crippen LogP contribution in [0.4, 0.5) is 11.5 Å². The lowest BCUT2D eigenvalue weighted by Crippen LogP contribution is -2.46. The van der Waals surface area contributed by atoms with Crippen molar-refractivity contribution in [3.63, 3.8) is 0 Å². The van der Waals surface area contributed by atoms with Crippen molar-refractivity contribution in [3.05, 3.63) is 53.0 Å². The van der Waals surface area contributed by atoms with Gasteiger partial charge in [0.2, 0.25) is 0 Å². The second-order valence-corrected chi connectivity index (χ2v) is 8.21. The summed E-state index contributed by atoms with van der Waals surface area (Å²) < 4.78 is 1.54. The molecule has 2 fully saturated rings. The van der Waals surface area contributed by atoms with Gasteiger partial charge in [-0.25, -0.2) is 19.7 Å². The molecule has 4 heterocycles. The Balaban J connectivity index is 1.30. The van der Waals surface area contributed by atoms with Crippen LogP contribution in [0.1, 0.15) is 18.4 Å². The Morgan fingerprint density at radius 1 is 0.933 bits per heavy atom. The van der Waals surface area contributed by atoms with Crippen molar-refractivity contribution in [2.75, 3.05) is 49.1 Å². The van der Waals surface area contributed by atoms with Crippen LogP contribution >= 0.6 is 0 Å². The maximum Gasteiger partial charge on any atom is 0.347 e. The van der Waals surface area contributed by atoms with Crippen molar-refractivity contribution in [2.45, 2.75) is 19.4 Å². The van der Waals surface area contributed by atoms with Crippen molar-refractivity contribution < 1.29 is 0 Å². The molecule has 0 radical (unpaired) electrons. The largest absolute Gasteiger partial charge is 0.369 e. The molecule has 5 rings (SSSR count). The van der Waals surface area contributed by atoms with Crippen LogP contribution in [0, 0.1) is 0 Å². The maximum atomic E-state index is 11.5. The molecule has 0 amide bonds. The minimum Gasteiger partial charge on any atom is -0.369 e. The fraction of sp³-hybridized carbons (Fsp3) is 0.455. The molecule has 2 aliphatic heterocycles. The Labute approximate surface area is 175 Å². The van der Waals surface area contributed by atoms with Crippen LogP contribution < -0.4 is 15.5 Å². The first-order valence-corrected chi connectivity index (χ1v) is 10.7.